The standard InChI is InChI=1S/C24H21F3N2O4S/c1-14-21(34(32)20-9-4-3-8-19(20)33-2)13-18(22(30)28-16-10-11-16)23(31)29(14)17-7-5-6-15(12-17)24(25,26)27/h3-9,12-13,16H,10-11H2,1-2H3,(H,28,30). The van der Waals surface area contributed by atoms with E-state index in [1.54, 1.807) is 24.3 Å². The molecule has 1 saturated carbocycles. The van der Waals surface area contributed by atoms with E-state index in [0.717, 1.165) is 29.5 Å². The average Bonchev–Trinajstić information content (AvgIpc) is 3.62. The van der Waals surface area contributed by atoms with Crippen molar-refractivity contribution in [1.82, 2.24) is 9.88 Å². The highest BCUT2D eigenvalue weighted by atomic mass is 32.2. The third kappa shape index (κ3) is 4.63. The summed E-state index contributed by atoms with van der Waals surface area (Å²) < 4.78 is 59.9. The summed E-state index contributed by atoms with van der Waals surface area (Å²) in [6.45, 7) is 1.48. The second-order valence-corrected chi connectivity index (χ2v) is 9.28. The Balaban J connectivity index is 1.95. The number of ether oxygens (including phenoxy) is 1. The molecule has 4 rings (SSSR count). The van der Waals surface area contributed by atoms with Gasteiger partial charge >= 0.3 is 6.18 Å². The van der Waals surface area contributed by atoms with Crippen LogP contribution in [0.25, 0.3) is 5.69 Å². The number of rotatable bonds is 6. The van der Waals surface area contributed by atoms with Crippen LogP contribution in [0.4, 0.5) is 13.2 Å². The van der Waals surface area contributed by atoms with E-state index in [0.29, 0.717) is 10.6 Å². The Labute approximate surface area is 195 Å². The number of nitrogens with zero attached hydrogens (tertiary/aromatic N) is 1. The molecule has 2 aromatic carbocycles. The lowest BCUT2D eigenvalue weighted by atomic mass is 10.1. The molecular weight excluding hydrogens is 469 g/mol. The molecule has 0 radical (unpaired) electrons. The molecule has 0 aliphatic heterocycles. The molecule has 0 spiro atoms. The largest absolute Gasteiger partial charge is 0.495 e. The Morgan fingerprint density at radius 1 is 1.09 bits per heavy atom. The van der Waals surface area contributed by atoms with Gasteiger partial charge in [0.15, 0.2) is 0 Å². The van der Waals surface area contributed by atoms with Gasteiger partial charge < -0.3 is 10.1 Å². The monoisotopic (exact) mass is 490 g/mol. The van der Waals surface area contributed by atoms with Gasteiger partial charge in [0.25, 0.3) is 11.5 Å². The first-order chi connectivity index (χ1) is 16.1. The van der Waals surface area contributed by atoms with Crippen molar-refractivity contribution < 1.29 is 26.9 Å². The Hall–Kier alpha value is -3.40. The van der Waals surface area contributed by atoms with Crippen LogP contribution < -0.4 is 15.6 Å². The zero-order valence-corrected chi connectivity index (χ0v) is 19.1. The molecule has 1 N–H and O–H groups in total. The normalized spacial score (nSPS) is 14.5. The van der Waals surface area contributed by atoms with Gasteiger partial charge in [0, 0.05) is 17.4 Å². The molecule has 1 atom stereocenters. The van der Waals surface area contributed by atoms with E-state index in [-0.39, 0.29) is 27.9 Å². The van der Waals surface area contributed by atoms with Crippen molar-refractivity contribution in [3.63, 3.8) is 0 Å². The summed E-state index contributed by atoms with van der Waals surface area (Å²) in [5.41, 5.74) is -1.98. The first kappa shape index (κ1) is 23.7. The van der Waals surface area contributed by atoms with Crippen LogP contribution in [0, 0.1) is 6.92 Å². The van der Waals surface area contributed by atoms with Crippen molar-refractivity contribution in [3.05, 3.63) is 81.8 Å². The van der Waals surface area contributed by atoms with E-state index < -0.39 is 34.0 Å². The number of amides is 1. The number of methoxy groups -OCH3 is 1. The van der Waals surface area contributed by atoms with Gasteiger partial charge in [0.2, 0.25) is 0 Å². The minimum absolute atomic E-state index is 0.0571. The van der Waals surface area contributed by atoms with Crippen LogP contribution in [0.1, 0.15) is 34.5 Å². The van der Waals surface area contributed by atoms with Gasteiger partial charge in [0.1, 0.15) is 11.3 Å². The van der Waals surface area contributed by atoms with Crippen LogP contribution in [-0.4, -0.2) is 27.8 Å². The van der Waals surface area contributed by atoms with Crippen LogP contribution in [0.15, 0.2) is 69.2 Å². The summed E-state index contributed by atoms with van der Waals surface area (Å²) in [5.74, 6) is -0.326. The SMILES string of the molecule is COc1ccccc1S(=O)c1cc(C(=O)NC2CC2)c(=O)n(-c2cccc(C(F)(F)F)c2)c1C. The number of carbonyl (C=O) groups is 1. The van der Waals surface area contributed by atoms with Crippen LogP contribution in [0.2, 0.25) is 0 Å². The summed E-state index contributed by atoms with van der Waals surface area (Å²) in [6.07, 6.45) is -3.07. The summed E-state index contributed by atoms with van der Waals surface area (Å²) in [5, 5.41) is 2.72. The predicted molar refractivity (Wildman–Crippen MR) is 120 cm³/mol. The summed E-state index contributed by atoms with van der Waals surface area (Å²) in [6, 6.07) is 12.0. The molecule has 1 aliphatic carbocycles. The highest BCUT2D eigenvalue weighted by Gasteiger charge is 2.32. The number of alkyl halides is 3. The fourth-order valence-corrected chi connectivity index (χ4v) is 4.90. The van der Waals surface area contributed by atoms with Gasteiger partial charge in [-0.25, -0.2) is 4.21 Å². The molecule has 1 amide bonds. The maximum atomic E-state index is 13.6. The van der Waals surface area contributed by atoms with Crippen molar-refractivity contribution in [1.29, 1.82) is 0 Å². The Morgan fingerprint density at radius 3 is 2.44 bits per heavy atom. The van der Waals surface area contributed by atoms with E-state index in [9.17, 15) is 27.0 Å². The van der Waals surface area contributed by atoms with Crippen LogP contribution in [-0.2, 0) is 17.0 Å². The summed E-state index contributed by atoms with van der Waals surface area (Å²) in [4.78, 5) is 26.6. The molecule has 0 saturated heterocycles. The Morgan fingerprint density at radius 2 is 1.79 bits per heavy atom. The number of hydrogen-bond acceptors (Lipinski definition) is 4. The smallest absolute Gasteiger partial charge is 0.416 e. The molecule has 1 fully saturated rings. The van der Waals surface area contributed by atoms with Gasteiger partial charge in [-0.05, 0) is 56.2 Å². The minimum Gasteiger partial charge on any atom is -0.495 e. The second kappa shape index (κ2) is 9.09. The quantitative estimate of drug-likeness (QED) is 0.561. The van der Waals surface area contributed by atoms with E-state index in [2.05, 4.69) is 5.32 Å². The first-order valence-electron chi connectivity index (χ1n) is 10.4. The lowest BCUT2D eigenvalue weighted by molar-refractivity contribution is -0.137. The van der Waals surface area contributed by atoms with E-state index in [1.165, 1.54) is 32.2 Å². The second-order valence-electron chi connectivity index (χ2n) is 7.86. The molecule has 178 valence electrons. The number of para-hydroxylation sites is 1. The molecule has 34 heavy (non-hydrogen) atoms. The lowest BCUT2D eigenvalue weighted by Gasteiger charge is -2.18. The molecular formula is C24H21F3N2O4S. The van der Waals surface area contributed by atoms with Crippen molar-refractivity contribution >= 4 is 16.7 Å². The van der Waals surface area contributed by atoms with E-state index in [4.69, 9.17) is 4.74 Å². The molecule has 1 aromatic heterocycles. The average molecular weight is 491 g/mol. The number of carbonyl (C=O) groups excluding carboxylic acids is 1. The number of halogens is 3. The zero-order valence-electron chi connectivity index (χ0n) is 18.3. The third-order valence-corrected chi connectivity index (χ3v) is 7.01. The molecule has 6 nitrogen and oxygen atoms in total. The molecule has 1 unspecified atom stereocenters. The highest BCUT2D eigenvalue weighted by molar-refractivity contribution is 7.85. The Bertz CT molecular complexity index is 1350. The highest BCUT2D eigenvalue weighted by Crippen LogP contribution is 2.32. The molecule has 10 heteroatoms. The number of nitrogens with one attached hydrogen (secondary N) is 1. The van der Waals surface area contributed by atoms with Crippen molar-refractivity contribution in [3.8, 4) is 11.4 Å². The number of hydrogen-bond donors (Lipinski definition) is 1. The maximum absolute atomic E-state index is 13.6. The van der Waals surface area contributed by atoms with Crippen LogP contribution in [0.5, 0.6) is 5.75 Å². The van der Waals surface area contributed by atoms with Crippen molar-refractivity contribution in [2.75, 3.05) is 7.11 Å². The van der Waals surface area contributed by atoms with Gasteiger partial charge in [-0.2, -0.15) is 13.2 Å². The molecule has 1 aliphatic rings. The fourth-order valence-electron chi connectivity index (χ4n) is 3.54. The van der Waals surface area contributed by atoms with Crippen LogP contribution in [0.3, 0.4) is 0 Å². The molecule has 1 heterocycles. The maximum Gasteiger partial charge on any atom is 0.416 e. The lowest BCUT2D eigenvalue weighted by Crippen LogP contribution is -2.35. The topological polar surface area (TPSA) is 77.4 Å². The van der Waals surface area contributed by atoms with Gasteiger partial charge in [-0.1, -0.05) is 18.2 Å². The third-order valence-electron chi connectivity index (χ3n) is 5.46. The number of benzene rings is 2. The minimum atomic E-state index is -4.63. The first-order valence-corrected chi connectivity index (χ1v) is 11.6. The predicted octanol–water partition coefficient (Wildman–Crippen LogP) is 4.23. The van der Waals surface area contributed by atoms with Crippen molar-refractivity contribution in [2.24, 2.45) is 0 Å². The summed E-state index contributed by atoms with van der Waals surface area (Å²) in [7, 11) is -0.478. The van der Waals surface area contributed by atoms with Gasteiger partial charge in [-0.3, -0.25) is 14.2 Å². The fraction of sp³-hybridized carbons (Fsp3) is 0.250. The zero-order chi connectivity index (χ0) is 24.6. The summed E-state index contributed by atoms with van der Waals surface area (Å²) >= 11 is 0. The van der Waals surface area contributed by atoms with E-state index >= 15 is 0 Å². The van der Waals surface area contributed by atoms with Gasteiger partial charge in [0.05, 0.1) is 33.3 Å². The number of pyridine rings is 1. The number of aromatic nitrogens is 1. The molecule has 3 aromatic rings. The van der Waals surface area contributed by atoms with Crippen molar-refractivity contribution in [2.45, 2.75) is 41.8 Å². The van der Waals surface area contributed by atoms with Gasteiger partial charge in [-0.15, -0.1) is 0 Å². The molecule has 0 bridgehead atoms. The van der Waals surface area contributed by atoms with E-state index in [1.807, 2.05) is 0 Å². The Kier molecular flexibility index (Phi) is 6.35. The van der Waals surface area contributed by atoms with Crippen LogP contribution >= 0.6 is 0 Å².